The van der Waals surface area contributed by atoms with Gasteiger partial charge in [0.1, 0.15) is 5.75 Å². The lowest BCUT2D eigenvalue weighted by atomic mass is 10.0. The van der Waals surface area contributed by atoms with Gasteiger partial charge in [-0.3, -0.25) is 4.79 Å². The second-order valence-electron chi connectivity index (χ2n) is 5.64. The van der Waals surface area contributed by atoms with E-state index in [4.69, 9.17) is 4.74 Å². The first-order valence-corrected chi connectivity index (χ1v) is 7.25. The van der Waals surface area contributed by atoms with Gasteiger partial charge in [0, 0.05) is 13.1 Å². The molecule has 1 aromatic rings. The summed E-state index contributed by atoms with van der Waals surface area (Å²) < 4.78 is 34.4. The third-order valence-corrected chi connectivity index (χ3v) is 3.04. The third kappa shape index (κ3) is 4.40. The van der Waals surface area contributed by atoms with E-state index < -0.39 is 23.0 Å². The van der Waals surface area contributed by atoms with Gasteiger partial charge in [-0.25, -0.2) is 0 Å². The molecule has 0 fully saturated rings. The van der Waals surface area contributed by atoms with Gasteiger partial charge < -0.3 is 14.7 Å². The number of hydrogen-bond acceptors (Lipinski definition) is 3. The molecule has 0 unspecified atom stereocenters. The standard InChI is InChI=1S/C16H23F2NO3/c1-5-19(11-15(3,4)21)14(20)16(17,18)12-9-7-8-10-13(12)22-6-2/h7-10,21H,5-6,11H2,1-4H3. The predicted octanol–water partition coefficient (Wildman–Crippen LogP) is 2.80. The lowest BCUT2D eigenvalue weighted by Gasteiger charge is -2.31. The Morgan fingerprint density at radius 3 is 2.36 bits per heavy atom. The Labute approximate surface area is 129 Å². The van der Waals surface area contributed by atoms with E-state index in [1.807, 2.05) is 0 Å². The molecule has 0 radical (unpaired) electrons. The van der Waals surface area contributed by atoms with Gasteiger partial charge in [0.25, 0.3) is 5.91 Å². The zero-order valence-corrected chi connectivity index (χ0v) is 13.4. The highest BCUT2D eigenvalue weighted by Crippen LogP contribution is 2.36. The Morgan fingerprint density at radius 1 is 1.27 bits per heavy atom. The zero-order valence-electron chi connectivity index (χ0n) is 13.4. The van der Waals surface area contributed by atoms with Crippen LogP contribution in [-0.2, 0) is 10.7 Å². The molecule has 1 amide bonds. The van der Waals surface area contributed by atoms with Gasteiger partial charge in [-0.15, -0.1) is 0 Å². The summed E-state index contributed by atoms with van der Waals surface area (Å²) in [5.41, 5.74) is -1.71. The number of amides is 1. The second-order valence-corrected chi connectivity index (χ2v) is 5.64. The number of hydrogen-bond donors (Lipinski definition) is 1. The molecule has 0 aliphatic rings. The summed E-state index contributed by atoms with van der Waals surface area (Å²) in [6.45, 7) is 6.34. The fourth-order valence-electron chi connectivity index (χ4n) is 2.12. The van der Waals surface area contributed by atoms with Gasteiger partial charge in [-0.05, 0) is 39.8 Å². The van der Waals surface area contributed by atoms with E-state index in [0.29, 0.717) is 0 Å². The number of alkyl halides is 2. The van der Waals surface area contributed by atoms with Crippen molar-refractivity contribution in [2.24, 2.45) is 0 Å². The minimum atomic E-state index is -3.72. The van der Waals surface area contributed by atoms with Crippen molar-refractivity contribution in [3.8, 4) is 5.75 Å². The minimum absolute atomic E-state index is 0.0114. The van der Waals surface area contributed by atoms with Gasteiger partial charge in [-0.2, -0.15) is 8.78 Å². The van der Waals surface area contributed by atoms with Crippen LogP contribution in [0.1, 0.15) is 33.3 Å². The molecule has 1 N–H and O–H groups in total. The molecule has 124 valence electrons. The molecule has 6 heteroatoms. The first-order chi connectivity index (χ1) is 10.1. The maximum absolute atomic E-state index is 14.6. The summed E-state index contributed by atoms with van der Waals surface area (Å²) in [6.07, 6.45) is 0. The lowest BCUT2D eigenvalue weighted by Crippen LogP contribution is -2.48. The van der Waals surface area contributed by atoms with Crippen molar-refractivity contribution in [2.75, 3.05) is 19.7 Å². The van der Waals surface area contributed by atoms with Gasteiger partial charge in [0.05, 0.1) is 17.8 Å². The van der Waals surface area contributed by atoms with Crippen molar-refractivity contribution in [1.29, 1.82) is 0 Å². The van der Waals surface area contributed by atoms with Gasteiger partial charge in [-0.1, -0.05) is 12.1 Å². The van der Waals surface area contributed by atoms with Gasteiger partial charge >= 0.3 is 5.92 Å². The van der Waals surface area contributed by atoms with Crippen LogP contribution in [-0.4, -0.2) is 41.2 Å². The maximum Gasteiger partial charge on any atom is 0.353 e. The van der Waals surface area contributed by atoms with Crippen LogP contribution in [0.15, 0.2) is 24.3 Å². The molecular weight excluding hydrogens is 292 g/mol. The monoisotopic (exact) mass is 315 g/mol. The number of rotatable bonds is 7. The first-order valence-electron chi connectivity index (χ1n) is 7.25. The number of carbonyl (C=O) groups excluding carboxylic acids is 1. The maximum atomic E-state index is 14.6. The Bertz CT molecular complexity index is 512. The molecule has 0 saturated heterocycles. The summed E-state index contributed by atoms with van der Waals surface area (Å²) in [6, 6.07) is 5.60. The average Bonchev–Trinajstić information content (AvgIpc) is 2.44. The normalized spacial score (nSPS) is 12.1. The molecule has 0 aromatic heterocycles. The van der Waals surface area contributed by atoms with Crippen molar-refractivity contribution in [3.63, 3.8) is 0 Å². The molecule has 0 aliphatic carbocycles. The largest absolute Gasteiger partial charge is 0.493 e. The SMILES string of the molecule is CCOc1ccccc1C(F)(F)C(=O)N(CC)CC(C)(C)O. The Balaban J connectivity index is 3.13. The van der Waals surface area contributed by atoms with Crippen LogP contribution >= 0.6 is 0 Å². The van der Waals surface area contributed by atoms with Crippen LogP contribution in [0, 0.1) is 0 Å². The molecule has 0 heterocycles. The number of benzene rings is 1. The number of likely N-dealkylation sites (N-methyl/N-ethyl adjacent to an activating group) is 1. The average molecular weight is 315 g/mol. The van der Waals surface area contributed by atoms with Crippen molar-refractivity contribution in [1.82, 2.24) is 4.90 Å². The smallest absolute Gasteiger partial charge is 0.353 e. The van der Waals surface area contributed by atoms with Crippen molar-refractivity contribution < 1.29 is 23.4 Å². The van der Waals surface area contributed by atoms with E-state index in [9.17, 15) is 18.7 Å². The highest BCUT2D eigenvalue weighted by molar-refractivity contribution is 5.85. The van der Waals surface area contributed by atoms with E-state index in [1.54, 1.807) is 19.9 Å². The molecule has 0 bridgehead atoms. The Morgan fingerprint density at radius 2 is 1.86 bits per heavy atom. The van der Waals surface area contributed by atoms with Gasteiger partial charge in [0.15, 0.2) is 0 Å². The van der Waals surface area contributed by atoms with Crippen LogP contribution in [0.3, 0.4) is 0 Å². The van der Waals surface area contributed by atoms with E-state index in [0.717, 1.165) is 4.90 Å². The Kier molecular flexibility index (Phi) is 5.88. The molecular formula is C16H23F2NO3. The summed E-state index contributed by atoms with van der Waals surface area (Å²) >= 11 is 0. The van der Waals surface area contributed by atoms with E-state index in [2.05, 4.69) is 0 Å². The number of ether oxygens (including phenoxy) is 1. The fourth-order valence-corrected chi connectivity index (χ4v) is 2.12. The highest BCUT2D eigenvalue weighted by atomic mass is 19.3. The molecule has 0 aliphatic heterocycles. The predicted molar refractivity (Wildman–Crippen MR) is 80.1 cm³/mol. The zero-order chi connectivity index (χ0) is 17.0. The molecule has 1 rings (SSSR count). The topological polar surface area (TPSA) is 49.8 Å². The van der Waals surface area contributed by atoms with Crippen LogP contribution in [0.25, 0.3) is 0 Å². The first kappa shape index (κ1) is 18.4. The molecule has 1 aromatic carbocycles. The van der Waals surface area contributed by atoms with Crippen molar-refractivity contribution >= 4 is 5.91 Å². The van der Waals surface area contributed by atoms with Crippen molar-refractivity contribution in [3.05, 3.63) is 29.8 Å². The number of aliphatic hydroxyl groups is 1. The minimum Gasteiger partial charge on any atom is -0.493 e. The fraction of sp³-hybridized carbons (Fsp3) is 0.562. The van der Waals surface area contributed by atoms with Crippen LogP contribution in [0.5, 0.6) is 5.75 Å². The quantitative estimate of drug-likeness (QED) is 0.842. The van der Waals surface area contributed by atoms with Crippen LogP contribution < -0.4 is 4.74 Å². The summed E-state index contributed by atoms with van der Waals surface area (Å²) in [5, 5.41) is 9.78. The summed E-state index contributed by atoms with van der Waals surface area (Å²) in [5.74, 6) is -5.07. The number of carbonyl (C=O) groups is 1. The second kappa shape index (κ2) is 7.05. The molecule has 0 spiro atoms. The lowest BCUT2D eigenvalue weighted by molar-refractivity contribution is -0.161. The molecule has 0 saturated carbocycles. The number of nitrogens with zero attached hydrogens (tertiary/aromatic N) is 1. The van der Waals surface area contributed by atoms with E-state index in [-0.39, 0.29) is 25.4 Å². The van der Waals surface area contributed by atoms with Crippen molar-refractivity contribution in [2.45, 2.75) is 39.2 Å². The Hall–Kier alpha value is -1.69. The summed E-state index contributed by atoms with van der Waals surface area (Å²) in [4.78, 5) is 13.2. The summed E-state index contributed by atoms with van der Waals surface area (Å²) in [7, 11) is 0. The third-order valence-electron chi connectivity index (χ3n) is 3.04. The van der Waals surface area contributed by atoms with Crippen LogP contribution in [0.2, 0.25) is 0 Å². The number of para-hydroxylation sites is 1. The van der Waals surface area contributed by atoms with E-state index in [1.165, 1.54) is 32.0 Å². The van der Waals surface area contributed by atoms with E-state index >= 15 is 0 Å². The number of halogens is 2. The van der Waals surface area contributed by atoms with Gasteiger partial charge in [0.2, 0.25) is 0 Å². The van der Waals surface area contributed by atoms with Crippen LogP contribution in [0.4, 0.5) is 8.78 Å². The molecule has 22 heavy (non-hydrogen) atoms. The molecule has 0 atom stereocenters. The molecule has 4 nitrogen and oxygen atoms in total. The highest BCUT2D eigenvalue weighted by Gasteiger charge is 2.46.